The molecule has 108 valence electrons. The second-order valence-electron chi connectivity index (χ2n) is 3.91. The molecule has 0 aromatic heterocycles. The number of rotatable bonds is 3. The molecule has 2 rings (SSSR count). The SMILES string of the molecule is CC.COc1cc2c(cc1OC)C(C(S)C#N)=NCC2. The van der Waals surface area contributed by atoms with E-state index in [4.69, 9.17) is 14.7 Å². The molecular formula is C15H20N2O2S. The van der Waals surface area contributed by atoms with Gasteiger partial charge in [0.05, 0.1) is 26.0 Å². The summed E-state index contributed by atoms with van der Waals surface area (Å²) in [7, 11) is 3.20. The number of aliphatic imine (C=N–C) groups is 1. The van der Waals surface area contributed by atoms with Crippen LogP contribution in [0, 0.1) is 11.3 Å². The van der Waals surface area contributed by atoms with E-state index in [1.807, 2.05) is 26.0 Å². The van der Waals surface area contributed by atoms with Crippen LogP contribution in [0.5, 0.6) is 11.5 Å². The van der Waals surface area contributed by atoms with Gasteiger partial charge in [0.1, 0.15) is 5.25 Å². The lowest BCUT2D eigenvalue weighted by Gasteiger charge is -2.20. The fourth-order valence-corrected chi connectivity index (χ4v) is 2.26. The van der Waals surface area contributed by atoms with Crippen LogP contribution in [0.2, 0.25) is 0 Å². The van der Waals surface area contributed by atoms with Crippen LogP contribution in [0.25, 0.3) is 0 Å². The van der Waals surface area contributed by atoms with Gasteiger partial charge in [0.2, 0.25) is 0 Å². The van der Waals surface area contributed by atoms with E-state index in [0.29, 0.717) is 23.8 Å². The molecule has 1 heterocycles. The van der Waals surface area contributed by atoms with Gasteiger partial charge in [-0.25, -0.2) is 0 Å². The van der Waals surface area contributed by atoms with Crippen molar-refractivity contribution in [2.24, 2.45) is 4.99 Å². The maximum Gasteiger partial charge on any atom is 0.161 e. The Balaban J connectivity index is 0.000000956. The van der Waals surface area contributed by atoms with E-state index >= 15 is 0 Å². The van der Waals surface area contributed by atoms with Gasteiger partial charge in [0, 0.05) is 12.1 Å². The van der Waals surface area contributed by atoms with Crippen LogP contribution in [0.4, 0.5) is 0 Å². The predicted molar refractivity (Wildman–Crippen MR) is 84.4 cm³/mol. The molecule has 0 saturated heterocycles. The molecule has 1 aliphatic heterocycles. The Morgan fingerprint density at radius 1 is 1.25 bits per heavy atom. The monoisotopic (exact) mass is 292 g/mol. The molecule has 0 spiro atoms. The van der Waals surface area contributed by atoms with E-state index in [9.17, 15) is 0 Å². The predicted octanol–water partition coefficient (Wildman–Crippen LogP) is 2.90. The third-order valence-electron chi connectivity index (χ3n) is 2.93. The number of hydrogen-bond donors (Lipinski definition) is 1. The molecule has 0 saturated carbocycles. The Labute approximate surface area is 125 Å². The molecule has 5 heteroatoms. The maximum absolute atomic E-state index is 8.98. The number of methoxy groups -OCH3 is 2. The maximum atomic E-state index is 8.98. The van der Waals surface area contributed by atoms with Gasteiger partial charge < -0.3 is 9.47 Å². The minimum atomic E-state index is -0.512. The first-order chi connectivity index (χ1) is 9.71. The van der Waals surface area contributed by atoms with Crippen molar-refractivity contribution >= 4 is 18.3 Å². The van der Waals surface area contributed by atoms with E-state index in [1.165, 1.54) is 0 Å². The molecule has 0 radical (unpaired) electrons. The Morgan fingerprint density at radius 3 is 2.40 bits per heavy atom. The van der Waals surface area contributed by atoms with Crippen LogP contribution < -0.4 is 9.47 Å². The van der Waals surface area contributed by atoms with Crippen LogP contribution in [-0.4, -0.2) is 31.7 Å². The smallest absolute Gasteiger partial charge is 0.161 e. The summed E-state index contributed by atoms with van der Waals surface area (Å²) in [5.41, 5.74) is 2.76. The molecule has 0 aliphatic carbocycles. The highest BCUT2D eigenvalue weighted by atomic mass is 32.1. The van der Waals surface area contributed by atoms with Crippen LogP contribution in [-0.2, 0) is 6.42 Å². The van der Waals surface area contributed by atoms with Crippen molar-refractivity contribution in [1.29, 1.82) is 5.26 Å². The summed E-state index contributed by atoms with van der Waals surface area (Å²) in [4.78, 5) is 4.39. The highest BCUT2D eigenvalue weighted by molar-refractivity contribution is 7.82. The largest absolute Gasteiger partial charge is 0.493 e. The molecule has 1 atom stereocenters. The van der Waals surface area contributed by atoms with E-state index < -0.39 is 5.25 Å². The Kier molecular flexibility index (Phi) is 6.40. The first kappa shape index (κ1) is 16.4. The second kappa shape index (κ2) is 7.81. The number of hydrogen-bond acceptors (Lipinski definition) is 5. The topological polar surface area (TPSA) is 54.6 Å². The van der Waals surface area contributed by atoms with Crippen molar-refractivity contribution in [3.63, 3.8) is 0 Å². The lowest BCUT2D eigenvalue weighted by atomic mass is 9.95. The summed E-state index contributed by atoms with van der Waals surface area (Å²) in [6, 6.07) is 5.92. The second-order valence-corrected chi connectivity index (χ2v) is 4.43. The van der Waals surface area contributed by atoms with Crippen molar-refractivity contribution in [1.82, 2.24) is 0 Å². The van der Waals surface area contributed by atoms with Gasteiger partial charge in [-0.1, -0.05) is 13.8 Å². The third kappa shape index (κ3) is 3.26. The standard InChI is InChI=1S/C13H14N2O2S.C2H6/c1-16-10-5-8-3-4-15-13(12(18)7-14)9(8)6-11(10)17-2;1-2/h5-6,12,18H,3-4H2,1-2H3;1-2H3. The fourth-order valence-electron chi connectivity index (χ4n) is 2.04. The molecular weight excluding hydrogens is 272 g/mol. The van der Waals surface area contributed by atoms with E-state index in [0.717, 1.165) is 17.5 Å². The number of fused-ring (bicyclic) bond motifs is 1. The van der Waals surface area contributed by atoms with Crippen molar-refractivity contribution in [3.05, 3.63) is 23.3 Å². The summed E-state index contributed by atoms with van der Waals surface area (Å²) < 4.78 is 10.6. The zero-order valence-corrected chi connectivity index (χ0v) is 13.2. The van der Waals surface area contributed by atoms with Crippen molar-refractivity contribution in [2.75, 3.05) is 20.8 Å². The minimum absolute atomic E-state index is 0.512. The highest BCUT2D eigenvalue weighted by Gasteiger charge is 2.22. The van der Waals surface area contributed by atoms with Gasteiger partial charge in [-0.3, -0.25) is 4.99 Å². The fraction of sp³-hybridized carbons (Fsp3) is 0.467. The number of thiol groups is 1. The van der Waals surface area contributed by atoms with Crippen LogP contribution in [0.3, 0.4) is 0 Å². The summed E-state index contributed by atoms with van der Waals surface area (Å²) >= 11 is 4.25. The highest BCUT2D eigenvalue weighted by Crippen LogP contribution is 2.33. The van der Waals surface area contributed by atoms with Crippen molar-refractivity contribution in [2.45, 2.75) is 25.5 Å². The average molecular weight is 292 g/mol. The average Bonchev–Trinajstić information content (AvgIpc) is 2.53. The molecule has 1 unspecified atom stereocenters. The molecule has 0 fully saturated rings. The molecule has 1 aromatic carbocycles. The van der Waals surface area contributed by atoms with Gasteiger partial charge in [-0.2, -0.15) is 17.9 Å². The van der Waals surface area contributed by atoms with Gasteiger partial charge in [-0.05, 0) is 24.1 Å². The van der Waals surface area contributed by atoms with E-state index in [1.54, 1.807) is 14.2 Å². The van der Waals surface area contributed by atoms with Gasteiger partial charge in [0.15, 0.2) is 11.5 Å². The Hall–Kier alpha value is -1.67. The van der Waals surface area contributed by atoms with Crippen LogP contribution >= 0.6 is 12.6 Å². The lowest BCUT2D eigenvalue weighted by Crippen LogP contribution is -2.21. The molecule has 1 aliphatic rings. The molecule has 0 bridgehead atoms. The first-order valence-electron chi connectivity index (χ1n) is 6.58. The normalized spacial score (nSPS) is 13.9. The van der Waals surface area contributed by atoms with Crippen molar-refractivity contribution in [3.8, 4) is 17.6 Å². The first-order valence-corrected chi connectivity index (χ1v) is 7.10. The molecule has 1 aromatic rings. The molecule has 20 heavy (non-hydrogen) atoms. The molecule has 0 amide bonds. The number of nitrogens with zero attached hydrogens (tertiary/aromatic N) is 2. The van der Waals surface area contributed by atoms with Gasteiger partial charge in [0.25, 0.3) is 0 Å². The molecule has 0 N–H and O–H groups in total. The van der Waals surface area contributed by atoms with Gasteiger partial charge in [-0.15, -0.1) is 0 Å². The van der Waals surface area contributed by atoms with Crippen molar-refractivity contribution < 1.29 is 9.47 Å². The lowest BCUT2D eigenvalue weighted by molar-refractivity contribution is 0.354. The zero-order chi connectivity index (χ0) is 15.1. The Morgan fingerprint density at radius 2 is 1.85 bits per heavy atom. The summed E-state index contributed by atoms with van der Waals surface area (Å²) in [6.07, 6.45) is 0.838. The third-order valence-corrected chi connectivity index (χ3v) is 3.29. The van der Waals surface area contributed by atoms with E-state index in [-0.39, 0.29) is 0 Å². The quantitative estimate of drug-likeness (QED) is 0.872. The number of benzene rings is 1. The minimum Gasteiger partial charge on any atom is -0.493 e. The van der Waals surface area contributed by atoms with E-state index in [2.05, 4.69) is 23.7 Å². The van der Waals surface area contributed by atoms with Crippen LogP contribution in [0.1, 0.15) is 25.0 Å². The van der Waals surface area contributed by atoms with Gasteiger partial charge >= 0.3 is 0 Å². The van der Waals surface area contributed by atoms with Crippen LogP contribution in [0.15, 0.2) is 17.1 Å². The summed E-state index contributed by atoms with van der Waals surface area (Å²) in [5.74, 6) is 1.34. The zero-order valence-electron chi connectivity index (χ0n) is 12.3. The summed E-state index contributed by atoms with van der Waals surface area (Å²) in [5, 5.41) is 8.46. The summed E-state index contributed by atoms with van der Waals surface area (Å²) in [6.45, 7) is 4.68. The Bertz CT molecular complexity index is 535. The molecule has 4 nitrogen and oxygen atoms in total. The number of nitriles is 1. The number of ether oxygens (including phenoxy) is 2.